The molecule has 1 fully saturated rings. The lowest BCUT2D eigenvalue weighted by atomic mass is 10.1. The van der Waals surface area contributed by atoms with Crippen molar-refractivity contribution in [1.29, 1.82) is 0 Å². The summed E-state index contributed by atoms with van der Waals surface area (Å²) in [5.74, 6) is -0.409. The number of benzene rings is 1. The molecule has 104 valence electrons. The van der Waals surface area contributed by atoms with Crippen LogP contribution in [0, 0.1) is 5.82 Å². The van der Waals surface area contributed by atoms with Crippen molar-refractivity contribution in [3.8, 4) is 0 Å². The summed E-state index contributed by atoms with van der Waals surface area (Å²) in [6.07, 6.45) is -0.159. The van der Waals surface area contributed by atoms with E-state index in [1.165, 1.54) is 12.1 Å². The van der Waals surface area contributed by atoms with E-state index in [9.17, 15) is 9.18 Å². The first-order valence-corrected chi connectivity index (χ1v) is 6.36. The highest BCUT2D eigenvalue weighted by molar-refractivity contribution is 5.79. The van der Waals surface area contributed by atoms with Crippen LogP contribution in [0.2, 0.25) is 0 Å². The van der Waals surface area contributed by atoms with Crippen LogP contribution in [0.3, 0.4) is 0 Å². The maximum Gasteiger partial charge on any atom is 0.227 e. The van der Waals surface area contributed by atoms with Crippen molar-refractivity contribution in [2.75, 3.05) is 19.8 Å². The van der Waals surface area contributed by atoms with E-state index >= 15 is 0 Å². The smallest absolute Gasteiger partial charge is 0.227 e. The molecule has 0 aromatic heterocycles. The third-order valence-electron chi connectivity index (χ3n) is 3.27. The quantitative estimate of drug-likeness (QED) is 0.888. The molecular formula is C14H18FNO3. The summed E-state index contributed by atoms with van der Waals surface area (Å²) in [5.41, 5.74) is 0.657. The van der Waals surface area contributed by atoms with E-state index in [1.807, 2.05) is 6.92 Å². The first-order valence-electron chi connectivity index (χ1n) is 6.36. The van der Waals surface area contributed by atoms with Crippen LogP contribution in [0.5, 0.6) is 0 Å². The second-order valence-electron chi connectivity index (χ2n) is 4.84. The summed E-state index contributed by atoms with van der Waals surface area (Å²) in [5, 5.41) is 9.09. The van der Waals surface area contributed by atoms with Gasteiger partial charge in [-0.25, -0.2) is 4.39 Å². The molecule has 1 aromatic rings. The SMILES string of the molecule is CC1COC(CO)CN1C(=O)Cc1cccc(F)c1. The second-order valence-corrected chi connectivity index (χ2v) is 4.84. The van der Waals surface area contributed by atoms with Crippen LogP contribution in [0.25, 0.3) is 0 Å². The number of halogens is 1. The monoisotopic (exact) mass is 267 g/mol. The van der Waals surface area contributed by atoms with Crippen LogP contribution in [0.1, 0.15) is 12.5 Å². The van der Waals surface area contributed by atoms with E-state index in [-0.39, 0.29) is 36.9 Å². The normalized spacial score (nSPS) is 23.4. The van der Waals surface area contributed by atoms with Gasteiger partial charge in [0.05, 0.1) is 31.8 Å². The summed E-state index contributed by atoms with van der Waals surface area (Å²) >= 11 is 0. The molecule has 0 radical (unpaired) electrons. The van der Waals surface area contributed by atoms with Crippen LogP contribution in [0.15, 0.2) is 24.3 Å². The number of carbonyl (C=O) groups excluding carboxylic acids is 1. The number of amides is 1. The summed E-state index contributed by atoms with van der Waals surface area (Å²) in [6, 6.07) is 6.02. The highest BCUT2D eigenvalue weighted by Crippen LogP contribution is 2.14. The molecule has 1 aliphatic rings. The molecule has 4 nitrogen and oxygen atoms in total. The van der Waals surface area contributed by atoms with Gasteiger partial charge in [-0.05, 0) is 24.6 Å². The van der Waals surface area contributed by atoms with Crippen LogP contribution in [-0.2, 0) is 16.0 Å². The summed E-state index contributed by atoms with van der Waals surface area (Å²) in [7, 11) is 0. The zero-order chi connectivity index (χ0) is 13.8. The zero-order valence-corrected chi connectivity index (χ0v) is 10.9. The lowest BCUT2D eigenvalue weighted by Crippen LogP contribution is -2.52. The maximum absolute atomic E-state index is 13.1. The molecular weight excluding hydrogens is 249 g/mol. The summed E-state index contributed by atoms with van der Waals surface area (Å²) < 4.78 is 18.5. The molecule has 5 heteroatoms. The van der Waals surface area contributed by atoms with Crippen LogP contribution >= 0.6 is 0 Å². The summed E-state index contributed by atoms with van der Waals surface area (Å²) in [6.45, 7) is 2.60. The van der Waals surface area contributed by atoms with Crippen LogP contribution in [-0.4, -0.2) is 47.8 Å². The van der Waals surface area contributed by atoms with Gasteiger partial charge in [0.15, 0.2) is 0 Å². The minimum atomic E-state index is -0.339. The van der Waals surface area contributed by atoms with Gasteiger partial charge in [0.1, 0.15) is 5.82 Å². The van der Waals surface area contributed by atoms with Crippen molar-refractivity contribution in [3.05, 3.63) is 35.6 Å². The van der Waals surface area contributed by atoms with Crippen molar-refractivity contribution in [1.82, 2.24) is 4.90 Å². The number of aliphatic hydroxyl groups is 1. The number of carbonyl (C=O) groups is 1. The van der Waals surface area contributed by atoms with Crippen molar-refractivity contribution >= 4 is 5.91 Å². The minimum Gasteiger partial charge on any atom is -0.394 e. The molecule has 1 N–H and O–H groups in total. The first-order chi connectivity index (χ1) is 9.10. The number of aliphatic hydroxyl groups excluding tert-OH is 1. The molecule has 1 aromatic carbocycles. The third-order valence-corrected chi connectivity index (χ3v) is 3.27. The molecule has 2 atom stereocenters. The third kappa shape index (κ3) is 3.52. The molecule has 1 saturated heterocycles. The Bertz CT molecular complexity index is 452. The average molecular weight is 267 g/mol. The first kappa shape index (κ1) is 14.0. The Morgan fingerprint density at radius 2 is 2.37 bits per heavy atom. The summed E-state index contributed by atoms with van der Waals surface area (Å²) in [4.78, 5) is 13.9. The topological polar surface area (TPSA) is 49.8 Å². The number of hydrogen-bond donors (Lipinski definition) is 1. The van der Waals surface area contributed by atoms with Crippen molar-refractivity contribution in [3.63, 3.8) is 0 Å². The minimum absolute atomic E-state index is 0.0242. The molecule has 0 saturated carbocycles. The number of rotatable bonds is 3. The molecule has 0 aliphatic carbocycles. The van der Waals surface area contributed by atoms with Gasteiger partial charge in [0, 0.05) is 6.54 Å². The number of nitrogens with zero attached hydrogens (tertiary/aromatic N) is 1. The number of hydrogen-bond acceptors (Lipinski definition) is 3. The van der Waals surface area contributed by atoms with Crippen molar-refractivity contribution in [2.24, 2.45) is 0 Å². The standard InChI is InChI=1S/C14H18FNO3/c1-10-9-19-13(8-17)7-16(10)14(18)6-11-3-2-4-12(15)5-11/h2-5,10,13,17H,6-9H2,1H3. The zero-order valence-electron chi connectivity index (χ0n) is 10.9. The lowest BCUT2D eigenvalue weighted by Gasteiger charge is -2.37. The fourth-order valence-corrected chi connectivity index (χ4v) is 2.20. The molecule has 19 heavy (non-hydrogen) atoms. The Labute approximate surface area is 111 Å². The maximum atomic E-state index is 13.1. The van der Waals surface area contributed by atoms with E-state index in [0.717, 1.165) is 0 Å². The van der Waals surface area contributed by atoms with Gasteiger partial charge in [0.25, 0.3) is 0 Å². The van der Waals surface area contributed by atoms with E-state index in [4.69, 9.17) is 9.84 Å². The Morgan fingerprint density at radius 1 is 1.58 bits per heavy atom. The highest BCUT2D eigenvalue weighted by Gasteiger charge is 2.29. The second kappa shape index (κ2) is 6.12. The molecule has 0 spiro atoms. The Morgan fingerprint density at radius 3 is 3.05 bits per heavy atom. The fourth-order valence-electron chi connectivity index (χ4n) is 2.20. The Kier molecular flexibility index (Phi) is 4.50. The Balaban J connectivity index is 2.02. The van der Waals surface area contributed by atoms with Gasteiger partial charge in [0.2, 0.25) is 5.91 Å². The molecule has 2 rings (SSSR count). The molecule has 0 bridgehead atoms. The predicted octanol–water partition coefficient (Wildman–Crippen LogP) is 0.976. The van der Waals surface area contributed by atoms with E-state index in [0.29, 0.717) is 18.7 Å². The van der Waals surface area contributed by atoms with Crippen LogP contribution < -0.4 is 0 Å². The average Bonchev–Trinajstić information content (AvgIpc) is 2.39. The van der Waals surface area contributed by atoms with Crippen molar-refractivity contribution in [2.45, 2.75) is 25.5 Å². The predicted molar refractivity (Wildman–Crippen MR) is 68.1 cm³/mol. The molecule has 2 unspecified atom stereocenters. The van der Waals surface area contributed by atoms with Gasteiger partial charge in [-0.3, -0.25) is 4.79 Å². The van der Waals surface area contributed by atoms with E-state index < -0.39 is 0 Å². The van der Waals surface area contributed by atoms with Crippen molar-refractivity contribution < 1.29 is 19.0 Å². The van der Waals surface area contributed by atoms with E-state index in [1.54, 1.807) is 17.0 Å². The van der Waals surface area contributed by atoms with E-state index in [2.05, 4.69) is 0 Å². The van der Waals surface area contributed by atoms with Gasteiger partial charge in [-0.1, -0.05) is 12.1 Å². The highest BCUT2D eigenvalue weighted by atomic mass is 19.1. The number of ether oxygens (including phenoxy) is 1. The molecule has 1 aliphatic heterocycles. The van der Waals surface area contributed by atoms with Gasteiger partial charge < -0.3 is 14.7 Å². The lowest BCUT2D eigenvalue weighted by molar-refractivity contribution is -0.145. The fraction of sp³-hybridized carbons (Fsp3) is 0.500. The van der Waals surface area contributed by atoms with Gasteiger partial charge in [-0.15, -0.1) is 0 Å². The molecule has 1 heterocycles. The van der Waals surface area contributed by atoms with Crippen LogP contribution in [0.4, 0.5) is 4.39 Å². The molecule has 1 amide bonds. The van der Waals surface area contributed by atoms with Gasteiger partial charge >= 0.3 is 0 Å². The largest absolute Gasteiger partial charge is 0.394 e. The Hall–Kier alpha value is -1.46. The van der Waals surface area contributed by atoms with Gasteiger partial charge in [-0.2, -0.15) is 0 Å². The number of morpholine rings is 1.